The molecule has 178 valence electrons. The van der Waals surface area contributed by atoms with Crippen molar-refractivity contribution in [1.29, 1.82) is 0 Å². The van der Waals surface area contributed by atoms with Gasteiger partial charge in [0.05, 0.1) is 13.8 Å². The van der Waals surface area contributed by atoms with Crippen LogP contribution >= 0.6 is 0 Å². The van der Waals surface area contributed by atoms with Gasteiger partial charge in [0.15, 0.2) is 0 Å². The molecule has 0 N–H and O–H groups in total. The number of hydrogen-bond acceptors (Lipinski definition) is 1. The van der Waals surface area contributed by atoms with Crippen molar-refractivity contribution >= 4 is 26.7 Å². The van der Waals surface area contributed by atoms with Crippen LogP contribution in [0, 0.1) is 0 Å². The second kappa shape index (κ2) is 12.3. The molecule has 3 heteroatoms. The summed E-state index contributed by atoms with van der Waals surface area (Å²) in [7, 11) is -3.16. The summed E-state index contributed by atoms with van der Waals surface area (Å²) in [6, 6.07) is 11.0. The predicted molar refractivity (Wildman–Crippen MR) is 151 cm³/mol. The molecule has 0 amide bonds. The van der Waals surface area contributed by atoms with Crippen LogP contribution in [-0.2, 0) is 12.8 Å². The van der Waals surface area contributed by atoms with Crippen LogP contribution in [0.25, 0.3) is 11.3 Å². The third kappa shape index (κ3) is 7.41. The van der Waals surface area contributed by atoms with Gasteiger partial charge < -0.3 is 0 Å². The van der Waals surface area contributed by atoms with Crippen molar-refractivity contribution in [1.82, 2.24) is 4.98 Å². The lowest BCUT2D eigenvalue weighted by atomic mass is 9.96. The van der Waals surface area contributed by atoms with E-state index in [1.165, 1.54) is 80.8 Å². The molecule has 2 rings (SSSR count). The number of benzene rings is 1. The van der Waals surface area contributed by atoms with Gasteiger partial charge in [-0.25, -0.2) is 0 Å². The van der Waals surface area contributed by atoms with Gasteiger partial charge in [-0.3, -0.25) is 4.98 Å². The zero-order valence-electron chi connectivity index (χ0n) is 22.4. The van der Waals surface area contributed by atoms with Crippen molar-refractivity contribution in [2.24, 2.45) is 0 Å². The van der Waals surface area contributed by atoms with Gasteiger partial charge in [-0.1, -0.05) is 122 Å². The summed E-state index contributed by atoms with van der Waals surface area (Å²) in [5, 5.41) is 3.13. The Kier molecular flexibility index (Phi) is 10.4. The van der Waals surface area contributed by atoms with Crippen molar-refractivity contribution in [2.75, 3.05) is 0 Å². The fourth-order valence-electron chi connectivity index (χ4n) is 4.91. The zero-order chi connectivity index (χ0) is 23.8. The monoisotopic (exact) mass is 467 g/mol. The first-order valence-electron chi connectivity index (χ1n) is 13.2. The summed E-state index contributed by atoms with van der Waals surface area (Å²) in [6.07, 6.45) is 13.1. The maximum Gasteiger partial charge on any atom is 0.102 e. The van der Waals surface area contributed by atoms with E-state index in [1.54, 1.807) is 16.3 Å². The fourth-order valence-corrected chi connectivity index (χ4v) is 8.63. The quantitative estimate of drug-likeness (QED) is 0.214. The minimum atomic E-state index is -1.59. The molecule has 1 nitrogen and oxygen atoms in total. The number of rotatable bonds is 13. The lowest BCUT2D eigenvalue weighted by Gasteiger charge is -2.31. The molecule has 2 aromatic rings. The Morgan fingerprint density at radius 2 is 1.16 bits per heavy atom. The van der Waals surface area contributed by atoms with Gasteiger partial charge in [0, 0.05) is 5.32 Å². The van der Waals surface area contributed by atoms with E-state index in [9.17, 15) is 0 Å². The van der Waals surface area contributed by atoms with Crippen LogP contribution in [0.1, 0.15) is 76.3 Å². The molecule has 0 fully saturated rings. The maximum atomic E-state index is 5.58. The van der Waals surface area contributed by atoms with Crippen molar-refractivity contribution in [3.05, 3.63) is 41.5 Å². The lowest BCUT2D eigenvalue weighted by molar-refractivity contribution is 0.652. The normalized spacial score (nSPS) is 12.4. The number of unbranched alkanes of at least 4 members (excludes halogenated alkanes) is 6. The van der Waals surface area contributed by atoms with Crippen molar-refractivity contribution in [3.8, 4) is 11.3 Å². The standard InChI is InChI=1S/C29H49NSi2/c1-9-11-13-18-22-25-26(23-19-14-12-10-2)29(32(6,7)8)30-27(28(25)31(3,4)5)24-20-16-15-17-21-24/h15-17,20-21H,9-14,18-19,22-23H2,1-8H3. The third-order valence-electron chi connectivity index (χ3n) is 6.48. The van der Waals surface area contributed by atoms with E-state index in [0.717, 1.165) is 0 Å². The van der Waals surface area contributed by atoms with E-state index in [0.29, 0.717) is 0 Å². The first kappa shape index (κ1) is 27.1. The molecule has 0 saturated heterocycles. The van der Waals surface area contributed by atoms with E-state index < -0.39 is 16.1 Å². The van der Waals surface area contributed by atoms with Gasteiger partial charge in [0.25, 0.3) is 0 Å². The summed E-state index contributed by atoms with van der Waals surface area (Å²) >= 11 is 0. The molecule has 0 bridgehead atoms. The highest BCUT2D eigenvalue weighted by atomic mass is 28.3. The van der Waals surface area contributed by atoms with Crippen LogP contribution in [0.4, 0.5) is 0 Å². The van der Waals surface area contributed by atoms with Crippen LogP contribution in [0.3, 0.4) is 0 Å². The van der Waals surface area contributed by atoms with Crippen molar-refractivity contribution in [3.63, 3.8) is 0 Å². The minimum absolute atomic E-state index is 1.22. The summed E-state index contributed by atoms with van der Waals surface area (Å²) in [5.74, 6) is 0. The van der Waals surface area contributed by atoms with E-state index in [2.05, 4.69) is 83.5 Å². The highest BCUT2D eigenvalue weighted by molar-refractivity contribution is 6.91. The largest absolute Gasteiger partial charge is 0.257 e. The van der Waals surface area contributed by atoms with Crippen molar-refractivity contribution in [2.45, 2.75) is 117 Å². The number of hydrogen-bond donors (Lipinski definition) is 0. The molecule has 0 aliphatic rings. The first-order chi connectivity index (χ1) is 15.1. The van der Waals surface area contributed by atoms with Gasteiger partial charge >= 0.3 is 0 Å². The molecule has 32 heavy (non-hydrogen) atoms. The average Bonchev–Trinajstić information content (AvgIpc) is 2.73. The molecular formula is C29H49NSi2. The number of aromatic nitrogens is 1. The van der Waals surface area contributed by atoms with Gasteiger partial charge in [-0.2, -0.15) is 0 Å². The molecule has 0 spiro atoms. The van der Waals surface area contributed by atoms with Crippen LogP contribution < -0.4 is 10.5 Å². The van der Waals surface area contributed by atoms with Gasteiger partial charge in [0.2, 0.25) is 0 Å². The highest BCUT2D eigenvalue weighted by Gasteiger charge is 2.32. The Labute approximate surface area is 201 Å². The summed E-state index contributed by atoms with van der Waals surface area (Å²) in [6.45, 7) is 19.7. The van der Waals surface area contributed by atoms with E-state index in [4.69, 9.17) is 4.98 Å². The van der Waals surface area contributed by atoms with Crippen LogP contribution in [0.5, 0.6) is 0 Å². The smallest absolute Gasteiger partial charge is 0.102 e. The molecule has 0 radical (unpaired) electrons. The van der Waals surface area contributed by atoms with Crippen LogP contribution in [0.15, 0.2) is 30.3 Å². The number of nitrogens with zero attached hydrogens (tertiary/aromatic N) is 1. The minimum Gasteiger partial charge on any atom is -0.257 e. The number of pyridine rings is 1. The summed E-state index contributed by atoms with van der Waals surface area (Å²) in [4.78, 5) is 5.58. The van der Waals surface area contributed by atoms with E-state index in [-0.39, 0.29) is 0 Å². The molecule has 0 unspecified atom stereocenters. The highest BCUT2D eigenvalue weighted by Crippen LogP contribution is 2.26. The average molecular weight is 468 g/mol. The second-order valence-electron chi connectivity index (χ2n) is 11.6. The Hall–Kier alpha value is -1.20. The Morgan fingerprint density at radius 1 is 0.625 bits per heavy atom. The van der Waals surface area contributed by atoms with E-state index >= 15 is 0 Å². The zero-order valence-corrected chi connectivity index (χ0v) is 24.4. The lowest BCUT2D eigenvalue weighted by Crippen LogP contribution is -2.50. The van der Waals surface area contributed by atoms with Gasteiger partial charge in [-0.15, -0.1) is 0 Å². The molecule has 1 aromatic heterocycles. The molecule has 0 saturated carbocycles. The fraction of sp³-hybridized carbons (Fsp3) is 0.621. The topological polar surface area (TPSA) is 12.9 Å². The molecular weight excluding hydrogens is 418 g/mol. The molecule has 1 heterocycles. The van der Waals surface area contributed by atoms with Crippen LogP contribution in [-0.4, -0.2) is 21.1 Å². The molecule has 0 atom stereocenters. The Morgan fingerprint density at radius 3 is 1.62 bits per heavy atom. The molecule has 0 aliphatic heterocycles. The van der Waals surface area contributed by atoms with Gasteiger partial charge in [0.1, 0.15) is 8.07 Å². The first-order valence-corrected chi connectivity index (χ1v) is 20.2. The molecule has 0 aliphatic carbocycles. The Bertz CT molecular complexity index is 829. The van der Waals surface area contributed by atoms with E-state index in [1.807, 2.05) is 0 Å². The predicted octanol–water partition coefficient (Wildman–Crippen LogP) is 8.08. The summed E-state index contributed by atoms with van der Waals surface area (Å²) in [5.41, 5.74) is 6.00. The second-order valence-corrected chi connectivity index (χ2v) is 21.6. The third-order valence-corrected chi connectivity index (χ3v) is 10.4. The maximum absolute atomic E-state index is 5.58. The van der Waals surface area contributed by atoms with Crippen molar-refractivity contribution < 1.29 is 0 Å². The summed E-state index contributed by atoms with van der Waals surface area (Å²) < 4.78 is 0. The Balaban J connectivity index is 2.75. The molecule has 1 aromatic carbocycles. The SMILES string of the molecule is CCCCCCc1c([Si](C)(C)C)nc(-c2ccccc2)c([Si](C)(C)C)c1CCCCCC. The van der Waals surface area contributed by atoms with Crippen LogP contribution in [0.2, 0.25) is 39.3 Å². The van der Waals surface area contributed by atoms with Gasteiger partial charge in [-0.05, 0) is 47.6 Å².